The molecule has 0 aliphatic carbocycles. The third-order valence-electron chi connectivity index (χ3n) is 5.07. The first kappa shape index (κ1) is 18.6. The average Bonchev–Trinajstić information content (AvgIpc) is 2.99. The monoisotopic (exact) mass is 402 g/mol. The highest BCUT2D eigenvalue weighted by molar-refractivity contribution is 7.90. The van der Waals surface area contributed by atoms with Crippen LogP contribution in [0.4, 0.5) is 4.39 Å². The van der Waals surface area contributed by atoms with Crippen molar-refractivity contribution in [1.29, 1.82) is 0 Å². The van der Waals surface area contributed by atoms with Gasteiger partial charge in [-0.2, -0.15) is 8.42 Å². The number of benzene rings is 2. The first-order valence-corrected chi connectivity index (χ1v) is 10.5. The molecule has 6 nitrogen and oxygen atoms in total. The number of halogens is 1. The zero-order valence-corrected chi connectivity index (χ0v) is 15.9. The summed E-state index contributed by atoms with van der Waals surface area (Å²) < 4.78 is 47.2. The molecule has 0 N–H and O–H groups in total. The quantitative estimate of drug-likeness (QED) is 0.738. The molecule has 1 fully saturated rings. The smallest absolute Gasteiger partial charge is 0.309 e. The Morgan fingerprint density at radius 3 is 2.54 bits per heavy atom. The second-order valence-corrected chi connectivity index (χ2v) is 8.42. The molecule has 28 heavy (non-hydrogen) atoms. The Labute approximate surface area is 162 Å². The fourth-order valence-corrected chi connectivity index (χ4v) is 4.75. The summed E-state index contributed by atoms with van der Waals surface area (Å²) in [7, 11) is -3.66. The number of esters is 1. The van der Waals surface area contributed by atoms with E-state index in [0.29, 0.717) is 42.9 Å². The van der Waals surface area contributed by atoms with Gasteiger partial charge in [-0.15, -0.1) is 4.40 Å². The van der Waals surface area contributed by atoms with Gasteiger partial charge in [0, 0.05) is 24.2 Å². The molecule has 2 aromatic carbocycles. The van der Waals surface area contributed by atoms with Gasteiger partial charge in [-0.05, 0) is 31.0 Å². The Balaban J connectivity index is 1.38. The lowest BCUT2D eigenvalue weighted by molar-refractivity contribution is -0.151. The molecule has 2 aliphatic heterocycles. The Morgan fingerprint density at radius 2 is 1.79 bits per heavy atom. The van der Waals surface area contributed by atoms with Gasteiger partial charge in [0.05, 0.1) is 5.92 Å². The summed E-state index contributed by atoms with van der Waals surface area (Å²) in [6.07, 6.45) is 1.05. The average molecular weight is 402 g/mol. The van der Waals surface area contributed by atoms with Gasteiger partial charge >= 0.3 is 5.97 Å². The molecule has 0 atom stereocenters. The van der Waals surface area contributed by atoms with E-state index in [1.165, 1.54) is 6.07 Å². The van der Waals surface area contributed by atoms with Crippen LogP contribution >= 0.6 is 0 Å². The molecular formula is C20H19FN2O4S. The van der Waals surface area contributed by atoms with Crippen LogP contribution in [0.2, 0.25) is 0 Å². The normalized spacial score (nSPS) is 18.5. The summed E-state index contributed by atoms with van der Waals surface area (Å²) in [6, 6.07) is 12.9. The number of piperidine rings is 1. The third-order valence-corrected chi connectivity index (χ3v) is 6.39. The number of sulfonamides is 1. The van der Waals surface area contributed by atoms with Crippen LogP contribution in [0.3, 0.4) is 0 Å². The van der Waals surface area contributed by atoms with Gasteiger partial charge in [0.2, 0.25) is 0 Å². The van der Waals surface area contributed by atoms with E-state index in [1.807, 2.05) is 4.90 Å². The summed E-state index contributed by atoms with van der Waals surface area (Å²) in [4.78, 5) is 14.4. The highest BCUT2D eigenvalue weighted by atomic mass is 32.2. The Morgan fingerprint density at radius 1 is 1.11 bits per heavy atom. The zero-order chi connectivity index (χ0) is 19.7. The van der Waals surface area contributed by atoms with Crippen LogP contribution in [0.15, 0.2) is 57.8 Å². The summed E-state index contributed by atoms with van der Waals surface area (Å²) >= 11 is 0. The fraction of sp³-hybridized carbons (Fsp3) is 0.300. The molecule has 2 aromatic rings. The van der Waals surface area contributed by atoms with Crippen LogP contribution in [0.1, 0.15) is 24.0 Å². The molecule has 0 bridgehead atoms. The van der Waals surface area contributed by atoms with Gasteiger partial charge in [-0.1, -0.05) is 30.3 Å². The number of carbonyl (C=O) groups is 1. The Hall–Kier alpha value is -2.74. The number of hydrogen-bond acceptors (Lipinski definition) is 5. The maximum Gasteiger partial charge on any atom is 0.309 e. The SMILES string of the molecule is O=C(OCc1ccccc1F)C1CCN(C2=NS(=O)(=O)c3ccccc32)CC1. The minimum Gasteiger partial charge on any atom is -0.460 e. The molecule has 0 unspecified atom stereocenters. The van der Waals surface area contributed by atoms with E-state index < -0.39 is 15.8 Å². The number of ether oxygens (including phenoxy) is 1. The van der Waals surface area contributed by atoms with Crippen molar-refractivity contribution in [2.75, 3.05) is 13.1 Å². The molecule has 0 saturated carbocycles. The van der Waals surface area contributed by atoms with E-state index in [-0.39, 0.29) is 23.4 Å². The van der Waals surface area contributed by atoms with E-state index in [4.69, 9.17) is 4.74 Å². The van der Waals surface area contributed by atoms with Crippen molar-refractivity contribution < 1.29 is 22.3 Å². The lowest BCUT2D eigenvalue weighted by atomic mass is 9.96. The van der Waals surface area contributed by atoms with Crippen LogP contribution in [-0.2, 0) is 26.2 Å². The molecule has 0 spiro atoms. The lowest BCUT2D eigenvalue weighted by Crippen LogP contribution is -2.40. The summed E-state index contributed by atoms with van der Waals surface area (Å²) in [5.41, 5.74) is 0.943. The highest BCUT2D eigenvalue weighted by Crippen LogP contribution is 2.30. The Kier molecular flexibility index (Phi) is 4.89. The van der Waals surface area contributed by atoms with Crippen LogP contribution in [0.25, 0.3) is 0 Å². The minimum absolute atomic E-state index is 0.0932. The molecule has 2 heterocycles. The van der Waals surface area contributed by atoms with Crippen LogP contribution in [0.5, 0.6) is 0 Å². The first-order valence-electron chi connectivity index (χ1n) is 9.05. The third kappa shape index (κ3) is 3.52. The second kappa shape index (κ2) is 7.35. The maximum absolute atomic E-state index is 13.6. The van der Waals surface area contributed by atoms with E-state index in [2.05, 4.69) is 4.40 Å². The molecule has 0 amide bonds. The van der Waals surface area contributed by atoms with Gasteiger partial charge < -0.3 is 9.64 Å². The van der Waals surface area contributed by atoms with E-state index in [0.717, 1.165) is 0 Å². The molecular weight excluding hydrogens is 383 g/mol. The predicted molar refractivity (Wildman–Crippen MR) is 101 cm³/mol. The van der Waals surface area contributed by atoms with Crippen molar-refractivity contribution in [3.05, 3.63) is 65.5 Å². The summed E-state index contributed by atoms with van der Waals surface area (Å²) in [6.45, 7) is 0.911. The van der Waals surface area contributed by atoms with Crippen molar-refractivity contribution >= 4 is 21.8 Å². The van der Waals surface area contributed by atoms with Crippen molar-refractivity contribution in [1.82, 2.24) is 4.90 Å². The molecule has 4 rings (SSSR count). The predicted octanol–water partition coefficient (Wildman–Crippen LogP) is 2.73. The number of amidine groups is 1. The second-order valence-electron chi connectivity index (χ2n) is 6.85. The van der Waals surface area contributed by atoms with Gasteiger partial charge in [0.1, 0.15) is 17.3 Å². The largest absolute Gasteiger partial charge is 0.460 e. The maximum atomic E-state index is 13.6. The van der Waals surface area contributed by atoms with Crippen molar-refractivity contribution in [3.63, 3.8) is 0 Å². The number of hydrogen-bond donors (Lipinski definition) is 0. The summed E-state index contributed by atoms with van der Waals surface area (Å²) in [5.74, 6) is -0.612. The van der Waals surface area contributed by atoms with Crippen LogP contribution < -0.4 is 0 Å². The molecule has 8 heteroatoms. The van der Waals surface area contributed by atoms with E-state index in [9.17, 15) is 17.6 Å². The molecule has 0 aromatic heterocycles. The molecule has 0 radical (unpaired) electrons. The number of rotatable bonds is 3. The first-order chi connectivity index (χ1) is 13.5. The van der Waals surface area contributed by atoms with Gasteiger partial charge in [-0.3, -0.25) is 4.79 Å². The molecule has 146 valence electrons. The zero-order valence-electron chi connectivity index (χ0n) is 15.0. The summed E-state index contributed by atoms with van der Waals surface area (Å²) in [5, 5.41) is 0. The van der Waals surface area contributed by atoms with Gasteiger partial charge in [0.25, 0.3) is 10.0 Å². The van der Waals surface area contributed by atoms with Crippen molar-refractivity contribution in [2.45, 2.75) is 24.3 Å². The van der Waals surface area contributed by atoms with E-state index in [1.54, 1.807) is 42.5 Å². The van der Waals surface area contributed by atoms with E-state index >= 15 is 0 Å². The van der Waals surface area contributed by atoms with Gasteiger partial charge in [0.15, 0.2) is 5.84 Å². The lowest BCUT2D eigenvalue weighted by Gasteiger charge is -2.32. The van der Waals surface area contributed by atoms with Gasteiger partial charge in [-0.25, -0.2) is 4.39 Å². The van der Waals surface area contributed by atoms with Crippen LogP contribution in [0, 0.1) is 11.7 Å². The number of nitrogens with zero attached hydrogens (tertiary/aromatic N) is 2. The Bertz CT molecular complexity index is 1040. The highest BCUT2D eigenvalue weighted by Gasteiger charge is 2.34. The number of likely N-dealkylation sites (tertiary alicyclic amines) is 1. The topological polar surface area (TPSA) is 76.0 Å². The molecule has 1 saturated heterocycles. The standard InChI is InChI=1S/C20H19FN2O4S/c21-17-7-3-1-5-15(17)13-27-20(24)14-9-11-23(12-10-14)19-16-6-2-4-8-18(16)28(25,26)22-19/h1-8,14H,9-13H2. The van der Waals surface area contributed by atoms with Crippen molar-refractivity contribution in [2.24, 2.45) is 10.3 Å². The fourth-order valence-electron chi connectivity index (χ4n) is 3.53. The number of carbonyl (C=O) groups excluding carboxylic acids is 1. The van der Waals surface area contributed by atoms with Crippen molar-refractivity contribution in [3.8, 4) is 0 Å². The molecule has 2 aliphatic rings. The number of fused-ring (bicyclic) bond motifs is 1. The van der Waals surface area contributed by atoms with Crippen LogP contribution in [-0.4, -0.2) is 38.2 Å². The minimum atomic E-state index is -3.66.